The summed E-state index contributed by atoms with van der Waals surface area (Å²) in [4.78, 5) is 24.1. The molecule has 1 aromatic carbocycles. The standard InChI is InChI=1S/C16H18F4N2O3/c1-15(2,3)25-14(24)22-7-9(8-22)11-5-4-10(6-12(11)17)21-13(23)16(18,19)20/h4-6,9H,7-8H2,1-3H3,(H,21,23). The number of alkyl halides is 3. The van der Waals surface area contributed by atoms with Crippen LogP contribution in [0.15, 0.2) is 18.2 Å². The summed E-state index contributed by atoms with van der Waals surface area (Å²) in [6.45, 7) is 5.70. The summed E-state index contributed by atoms with van der Waals surface area (Å²) in [6, 6.07) is 3.33. The van der Waals surface area contributed by atoms with Crippen LogP contribution in [-0.2, 0) is 9.53 Å². The lowest BCUT2D eigenvalue weighted by Gasteiger charge is -2.40. The minimum Gasteiger partial charge on any atom is -0.444 e. The third-order valence-corrected chi connectivity index (χ3v) is 3.49. The predicted molar refractivity (Wildman–Crippen MR) is 81.6 cm³/mol. The number of halogens is 4. The first-order valence-electron chi connectivity index (χ1n) is 7.52. The van der Waals surface area contributed by atoms with Gasteiger partial charge in [-0.05, 0) is 38.5 Å². The van der Waals surface area contributed by atoms with E-state index in [4.69, 9.17) is 4.74 Å². The Balaban J connectivity index is 1.97. The van der Waals surface area contributed by atoms with Crippen molar-refractivity contribution in [1.29, 1.82) is 0 Å². The summed E-state index contributed by atoms with van der Waals surface area (Å²) < 4.78 is 55.9. The molecule has 2 amide bonds. The van der Waals surface area contributed by atoms with E-state index in [9.17, 15) is 27.2 Å². The van der Waals surface area contributed by atoms with Gasteiger partial charge in [0.25, 0.3) is 0 Å². The van der Waals surface area contributed by atoms with Gasteiger partial charge in [-0.25, -0.2) is 9.18 Å². The van der Waals surface area contributed by atoms with Crippen LogP contribution < -0.4 is 5.32 Å². The van der Waals surface area contributed by atoms with Crippen LogP contribution in [0.25, 0.3) is 0 Å². The third-order valence-electron chi connectivity index (χ3n) is 3.49. The van der Waals surface area contributed by atoms with E-state index in [0.717, 1.165) is 6.07 Å². The van der Waals surface area contributed by atoms with Crippen molar-refractivity contribution in [3.63, 3.8) is 0 Å². The molecule has 1 aliphatic heterocycles. The van der Waals surface area contributed by atoms with Crippen molar-refractivity contribution in [2.45, 2.75) is 38.5 Å². The van der Waals surface area contributed by atoms with Crippen LogP contribution in [0.2, 0.25) is 0 Å². The van der Waals surface area contributed by atoms with Gasteiger partial charge in [-0.2, -0.15) is 13.2 Å². The minimum absolute atomic E-state index is 0.250. The highest BCUT2D eigenvalue weighted by Crippen LogP contribution is 2.31. The molecule has 1 saturated heterocycles. The molecule has 2 rings (SSSR count). The zero-order chi connectivity index (χ0) is 19.0. The summed E-state index contributed by atoms with van der Waals surface area (Å²) in [7, 11) is 0. The second-order valence-corrected chi connectivity index (χ2v) is 6.77. The van der Waals surface area contributed by atoms with Crippen LogP contribution >= 0.6 is 0 Å². The number of nitrogens with one attached hydrogen (secondary N) is 1. The molecule has 1 fully saturated rings. The largest absolute Gasteiger partial charge is 0.471 e. The molecule has 1 heterocycles. The van der Waals surface area contributed by atoms with E-state index in [1.807, 2.05) is 0 Å². The molecule has 5 nitrogen and oxygen atoms in total. The van der Waals surface area contributed by atoms with E-state index in [1.54, 1.807) is 26.1 Å². The molecular formula is C16H18F4N2O3. The van der Waals surface area contributed by atoms with Crippen LogP contribution in [0.4, 0.5) is 28.0 Å². The molecule has 25 heavy (non-hydrogen) atoms. The maximum Gasteiger partial charge on any atom is 0.471 e. The maximum absolute atomic E-state index is 14.1. The summed E-state index contributed by atoms with van der Waals surface area (Å²) in [5.41, 5.74) is -0.650. The number of anilines is 1. The van der Waals surface area contributed by atoms with Crippen molar-refractivity contribution in [1.82, 2.24) is 4.90 Å². The van der Waals surface area contributed by atoms with E-state index < -0.39 is 29.6 Å². The number of amides is 2. The lowest BCUT2D eigenvalue weighted by atomic mass is 9.91. The third kappa shape index (κ3) is 4.83. The van der Waals surface area contributed by atoms with Crippen molar-refractivity contribution in [3.8, 4) is 0 Å². The molecule has 9 heteroatoms. The number of nitrogens with zero attached hydrogens (tertiary/aromatic N) is 1. The number of carbonyl (C=O) groups excluding carboxylic acids is 2. The fraction of sp³-hybridized carbons (Fsp3) is 0.500. The molecule has 0 atom stereocenters. The number of likely N-dealkylation sites (tertiary alicyclic amines) is 1. The predicted octanol–water partition coefficient (Wildman–Crippen LogP) is 3.66. The first-order valence-corrected chi connectivity index (χ1v) is 7.52. The quantitative estimate of drug-likeness (QED) is 0.817. The number of rotatable bonds is 2. The Morgan fingerprint density at radius 1 is 1.20 bits per heavy atom. The maximum atomic E-state index is 14.1. The minimum atomic E-state index is -5.04. The molecule has 138 valence electrons. The fourth-order valence-corrected chi connectivity index (χ4v) is 2.29. The Labute approximate surface area is 141 Å². The Kier molecular flexibility index (Phi) is 4.97. The highest BCUT2D eigenvalue weighted by Gasteiger charge is 2.39. The molecular weight excluding hydrogens is 344 g/mol. The molecule has 0 aromatic heterocycles. The Morgan fingerprint density at radius 3 is 2.28 bits per heavy atom. The van der Waals surface area contributed by atoms with E-state index in [2.05, 4.69) is 0 Å². The molecule has 0 unspecified atom stereocenters. The van der Waals surface area contributed by atoms with E-state index >= 15 is 0 Å². The molecule has 0 spiro atoms. The zero-order valence-electron chi connectivity index (χ0n) is 13.9. The first kappa shape index (κ1) is 19.0. The van der Waals surface area contributed by atoms with Crippen LogP contribution in [0, 0.1) is 5.82 Å². The van der Waals surface area contributed by atoms with Crippen LogP contribution in [0.3, 0.4) is 0 Å². The molecule has 1 N–H and O–H groups in total. The average Bonchev–Trinajstić information content (AvgIpc) is 2.36. The van der Waals surface area contributed by atoms with Crippen LogP contribution in [-0.4, -0.2) is 41.8 Å². The van der Waals surface area contributed by atoms with Crippen molar-refractivity contribution in [2.75, 3.05) is 18.4 Å². The van der Waals surface area contributed by atoms with E-state index in [1.165, 1.54) is 17.0 Å². The molecule has 0 bridgehead atoms. The van der Waals surface area contributed by atoms with Gasteiger partial charge in [-0.1, -0.05) is 6.07 Å². The summed E-state index contributed by atoms with van der Waals surface area (Å²) in [6.07, 6.45) is -5.55. The van der Waals surface area contributed by atoms with Gasteiger partial charge in [-0.3, -0.25) is 4.79 Å². The molecule has 1 aromatic rings. The van der Waals surface area contributed by atoms with E-state index in [-0.39, 0.29) is 30.3 Å². The summed E-state index contributed by atoms with van der Waals surface area (Å²) in [5, 5.41) is 1.59. The number of hydrogen-bond acceptors (Lipinski definition) is 3. The number of hydrogen-bond donors (Lipinski definition) is 1. The van der Waals surface area contributed by atoms with Gasteiger partial charge in [-0.15, -0.1) is 0 Å². The molecule has 0 radical (unpaired) electrons. The van der Waals surface area contributed by atoms with Gasteiger partial charge in [0.05, 0.1) is 0 Å². The normalized spacial score (nSPS) is 15.6. The highest BCUT2D eigenvalue weighted by molar-refractivity contribution is 5.94. The van der Waals surface area contributed by atoms with Crippen molar-refractivity contribution >= 4 is 17.7 Å². The lowest BCUT2D eigenvalue weighted by molar-refractivity contribution is -0.167. The Morgan fingerprint density at radius 2 is 1.80 bits per heavy atom. The number of ether oxygens (including phenoxy) is 1. The zero-order valence-corrected chi connectivity index (χ0v) is 13.9. The second kappa shape index (κ2) is 6.53. The van der Waals surface area contributed by atoms with E-state index in [0.29, 0.717) is 0 Å². The van der Waals surface area contributed by atoms with Gasteiger partial charge >= 0.3 is 18.2 Å². The summed E-state index contributed by atoms with van der Waals surface area (Å²) >= 11 is 0. The van der Waals surface area contributed by atoms with Gasteiger partial charge in [0.1, 0.15) is 11.4 Å². The number of carbonyl (C=O) groups is 2. The molecule has 1 aliphatic rings. The van der Waals surface area contributed by atoms with Gasteiger partial charge < -0.3 is 15.0 Å². The first-order chi connectivity index (χ1) is 11.4. The topological polar surface area (TPSA) is 58.6 Å². The fourth-order valence-electron chi connectivity index (χ4n) is 2.29. The number of benzene rings is 1. The lowest BCUT2D eigenvalue weighted by Crippen LogP contribution is -2.50. The molecule has 0 aliphatic carbocycles. The Hall–Kier alpha value is -2.32. The molecule has 0 saturated carbocycles. The average molecular weight is 362 g/mol. The van der Waals surface area contributed by atoms with Crippen LogP contribution in [0.1, 0.15) is 32.3 Å². The van der Waals surface area contributed by atoms with Crippen molar-refractivity contribution in [3.05, 3.63) is 29.6 Å². The van der Waals surface area contributed by atoms with Crippen molar-refractivity contribution < 1.29 is 31.9 Å². The van der Waals surface area contributed by atoms with Gasteiger partial charge in [0.2, 0.25) is 0 Å². The SMILES string of the molecule is CC(C)(C)OC(=O)N1CC(c2ccc(NC(=O)C(F)(F)F)cc2F)C1. The van der Waals surface area contributed by atoms with Crippen LogP contribution in [0.5, 0.6) is 0 Å². The second-order valence-electron chi connectivity index (χ2n) is 6.77. The summed E-state index contributed by atoms with van der Waals surface area (Å²) in [5.74, 6) is -3.19. The monoisotopic (exact) mass is 362 g/mol. The van der Waals surface area contributed by atoms with Gasteiger partial charge in [0, 0.05) is 24.7 Å². The Bertz CT molecular complexity index is 677. The van der Waals surface area contributed by atoms with Gasteiger partial charge in [0.15, 0.2) is 0 Å². The smallest absolute Gasteiger partial charge is 0.444 e. The highest BCUT2D eigenvalue weighted by atomic mass is 19.4. The van der Waals surface area contributed by atoms with Crippen molar-refractivity contribution in [2.24, 2.45) is 0 Å².